The molecule has 2 aromatic heterocycles. The molecule has 0 aromatic carbocycles. The van der Waals surface area contributed by atoms with Crippen LogP contribution < -0.4 is 16.8 Å². The van der Waals surface area contributed by atoms with Crippen molar-refractivity contribution < 1.29 is 9.59 Å². The first kappa shape index (κ1) is 10.8. The summed E-state index contributed by atoms with van der Waals surface area (Å²) in [6, 6.07) is 0. The maximum absolute atomic E-state index is 11.4. The van der Waals surface area contributed by atoms with Crippen molar-refractivity contribution >= 4 is 23.3 Å². The molecule has 0 aliphatic heterocycles. The van der Waals surface area contributed by atoms with Gasteiger partial charge in [-0.1, -0.05) is 0 Å². The molecule has 0 aliphatic rings. The van der Waals surface area contributed by atoms with E-state index in [0.29, 0.717) is 0 Å². The number of nitrogens with one attached hydrogen (secondary N) is 1. The van der Waals surface area contributed by atoms with Crippen molar-refractivity contribution in [2.45, 2.75) is 0 Å². The van der Waals surface area contributed by atoms with Gasteiger partial charge in [-0.25, -0.2) is 4.98 Å². The van der Waals surface area contributed by atoms with Gasteiger partial charge in [-0.3, -0.25) is 14.0 Å². The van der Waals surface area contributed by atoms with Crippen LogP contribution in [0.15, 0.2) is 6.33 Å². The molecule has 5 N–H and O–H groups in total. The number of fused-ring (bicyclic) bond motifs is 1. The number of imidazole rings is 1. The minimum atomic E-state index is -0.799. The maximum atomic E-state index is 11.4. The molecular formula is C8H9N7O2. The Hall–Kier alpha value is -2.71. The zero-order valence-electron chi connectivity index (χ0n) is 8.84. The van der Waals surface area contributed by atoms with Gasteiger partial charge in [0.05, 0.1) is 0 Å². The molecule has 0 spiro atoms. The smallest absolute Gasteiger partial charge is 0.273 e. The zero-order chi connectivity index (χ0) is 12.6. The Kier molecular flexibility index (Phi) is 2.35. The Labute approximate surface area is 94.8 Å². The van der Waals surface area contributed by atoms with E-state index >= 15 is 0 Å². The summed E-state index contributed by atoms with van der Waals surface area (Å²) in [5.41, 5.74) is 10.8. The number of hydrogen-bond acceptors (Lipinski definition) is 6. The second-order valence-electron chi connectivity index (χ2n) is 3.16. The first-order chi connectivity index (χ1) is 8.06. The molecule has 17 heavy (non-hydrogen) atoms. The van der Waals surface area contributed by atoms with Gasteiger partial charge in [-0.2, -0.15) is 0 Å². The van der Waals surface area contributed by atoms with Crippen LogP contribution in [-0.4, -0.2) is 38.4 Å². The summed E-state index contributed by atoms with van der Waals surface area (Å²) in [4.78, 5) is 26.3. The number of nitrogen functional groups attached to an aromatic ring is 1. The largest absolute Gasteiger partial charge is 0.383 e. The van der Waals surface area contributed by atoms with Crippen molar-refractivity contribution in [3.63, 3.8) is 0 Å². The van der Waals surface area contributed by atoms with Gasteiger partial charge in [-0.05, 0) is 0 Å². The van der Waals surface area contributed by atoms with E-state index in [9.17, 15) is 9.59 Å². The molecular weight excluding hydrogens is 226 g/mol. The van der Waals surface area contributed by atoms with Crippen molar-refractivity contribution in [1.82, 2.24) is 24.9 Å². The minimum Gasteiger partial charge on any atom is -0.383 e. The molecule has 88 valence electrons. The van der Waals surface area contributed by atoms with E-state index in [4.69, 9.17) is 11.5 Å². The minimum absolute atomic E-state index is 0.00912. The summed E-state index contributed by atoms with van der Waals surface area (Å²) < 4.78 is 1.28. The average molecular weight is 235 g/mol. The summed E-state index contributed by atoms with van der Waals surface area (Å²) in [5, 5.41) is 9.67. The molecule has 2 aromatic rings. The van der Waals surface area contributed by atoms with Gasteiger partial charge >= 0.3 is 0 Å². The first-order valence-electron chi connectivity index (χ1n) is 4.57. The lowest BCUT2D eigenvalue weighted by Gasteiger charge is -2.02. The highest BCUT2D eigenvalue weighted by molar-refractivity contribution is 5.99. The SMILES string of the molecule is CNC(=O)c1ncn2c(N)c(C(N)=O)nnc12. The third-order valence-corrected chi connectivity index (χ3v) is 2.16. The molecule has 0 atom stereocenters. The van der Waals surface area contributed by atoms with Crippen LogP contribution in [0.5, 0.6) is 0 Å². The topological polar surface area (TPSA) is 141 Å². The number of anilines is 1. The number of aromatic nitrogens is 4. The molecule has 0 saturated heterocycles. The van der Waals surface area contributed by atoms with Crippen molar-refractivity contribution in [3.8, 4) is 0 Å². The monoisotopic (exact) mass is 235 g/mol. The average Bonchev–Trinajstić information content (AvgIpc) is 2.72. The highest BCUT2D eigenvalue weighted by atomic mass is 16.2. The van der Waals surface area contributed by atoms with Gasteiger partial charge in [0.1, 0.15) is 12.1 Å². The number of nitrogens with zero attached hydrogens (tertiary/aromatic N) is 4. The normalized spacial score (nSPS) is 10.4. The maximum Gasteiger partial charge on any atom is 0.273 e. The Morgan fingerprint density at radius 3 is 2.65 bits per heavy atom. The highest BCUT2D eigenvalue weighted by Crippen LogP contribution is 2.13. The van der Waals surface area contributed by atoms with Crippen molar-refractivity contribution in [1.29, 1.82) is 0 Å². The van der Waals surface area contributed by atoms with E-state index in [0.717, 1.165) is 0 Å². The van der Waals surface area contributed by atoms with Gasteiger partial charge in [0.15, 0.2) is 17.0 Å². The Bertz CT molecular complexity index is 618. The van der Waals surface area contributed by atoms with E-state index in [2.05, 4.69) is 20.5 Å². The number of rotatable bonds is 2. The second-order valence-corrected chi connectivity index (χ2v) is 3.16. The van der Waals surface area contributed by atoms with Crippen LogP contribution in [0.25, 0.3) is 5.65 Å². The summed E-state index contributed by atoms with van der Waals surface area (Å²) in [7, 11) is 1.46. The van der Waals surface area contributed by atoms with Gasteiger partial charge in [0.2, 0.25) is 0 Å². The van der Waals surface area contributed by atoms with Crippen molar-refractivity contribution in [2.24, 2.45) is 5.73 Å². The van der Waals surface area contributed by atoms with Gasteiger partial charge in [-0.15, -0.1) is 10.2 Å². The van der Waals surface area contributed by atoms with Crippen LogP contribution in [0.3, 0.4) is 0 Å². The van der Waals surface area contributed by atoms with Crippen LogP contribution in [0.1, 0.15) is 21.0 Å². The van der Waals surface area contributed by atoms with E-state index in [-0.39, 0.29) is 22.9 Å². The first-order valence-corrected chi connectivity index (χ1v) is 4.57. The number of nitrogens with two attached hydrogens (primary N) is 2. The highest BCUT2D eigenvalue weighted by Gasteiger charge is 2.18. The third kappa shape index (κ3) is 1.53. The second kappa shape index (κ2) is 3.70. The number of hydrogen-bond donors (Lipinski definition) is 3. The summed E-state index contributed by atoms with van der Waals surface area (Å²) in [5.74, 6) is -1.23. The lowest BCUT2D eigenvalue weighted by atomic mass is 10.4. The summed E-state index contributed by atoms with van der Waals surface area (Å²) in [6.45, 7) is 0. The summed E-state index contributed by atoms with van der Waals surface area (Å²) >= 11 is 0. The van der Waals surface area contributed by atoms with Crippen molar-refractivity contribution in [2.75, 3.05) is 12.8 Å². The van der Waals surface area contributed by atoms with Gasteiger partial charge in [0, 0.05) is 7.05 Å². The molecule has 0 bridgehead atoms. The molecule has 0 fully saturated rings. The van der Waals surface area contributed by atoms with E-state index in [1.54, 1.807) is 0 Å². The van der Waals surface area contributed by atoms with E-state index in [1.807, 2.05) is 0 Å². The lowest BCUT2D eigenvalue weighted by molar-refractivity contribution is 0.0959. The molecule has 0 radical (unpaired) electrons. The Balaban J connectivity index is 2.70. The fourth-order valence-corrected chi connectivity index (χ4v) is 1.33. The molecule has 2 heterocycles. The number of carbonyl (C=O) groups is 2. The van der Waals surface area contributed by atoms with Gasteiger partial charge < -0.3 is 16.8 Å². The van der Waals surface area contributed by atoms with Crippen molar-refractivity contribution in [3.05, 3.63) is 17.7 Å². The van der Waals surface area contributed by atoms with E-state index < -0.39 is 11.8 Å². The predicted octanol–water partition coefficient (Wildman–Crippen LogP) is -1.83. The number of carbonyl (C=O) groups excluding carboxylic acids is 2. The molecule has 0 unspecified atom stereocenters. The van der Waals surface area contributed by atoms with Crippen LogP contribution in [0.2, 0.25) is 0 Å². The molecule has 2 amide bonds. The van der Waals surface area contributed by atoms with Crippen LogP contribution >= 0.6 is 0 Å². The Morgan fingerprint density at radius 1 is 1.35 bits per heavy atom. The van der Waals surface area contributed by atoms with Crippen LogP contribution in [-0.2, 0) is 0 Å². The molecule has 9 nitrogen and oxygen atoms in total. The zero-order valence-corrected chi connectivity index (χ0v) is 8.84. The number of amides is 2. The summed E-state index contributed by atoms with van der Waals surface area (Å²) in [6.07, 6.45) is 1.27. The van der Waals surface area contributed by atoms with Crippen LogP contribution in [0, 0.1) is 0 Å². The number of primary amides is 1. The Morgan fingerprint density at radius 2 is 2.06 bits per heavy atom. The van der Waals surface area contributed by atoms with Crippen LogP contribution in [0.4, 0.5) is 5.82 Å². The molecule has 0 aliphatic carbocycles. The molecule has 9 heteroatoms. The third-order valence-electron chi connectivity index (χ3n) is 2.16. The van der Waals surface area contributed by atoms with Gasteiger partial charge in [0.25, 0.3) is 11.8 Å². The fraction of sp³-hybridized carbons (Fsp3) is 0.125. The van der Waals surface area contributed by atoms with E-state index in [1.165, 1.54) is 17.8 Å². The molecule has 2 rings (SSSR count). The quantitative estimate of drug-likeness (QED) is 0.558. The lowest BCUT2D eigenvalue weighted by Crippen LogP contribution is -2.21. The molecule has 0 saturated carbocycles. The standard InChI is InChI=1S/C8H9N7O2/c1-11-8(17)4-7-14-13-3(6(10)16)5(9)15(7)2-12-4/h2H,9H2,1H3,(H2,10,16)(H,11,17). The fourth-order valence-electron chi connectivity index (χ4n) is 1.33. The predicted molar refractivity (Wildman–Crippen MR) is 57.1 cm³/mol.